The predicted octanol–water partition coefficient (Wildman–Crippen LogP) is 2.73. The van der Waals surface area contributed by atoms with E-state index < -0.39 is 0 Å². The van der Waals surface area contributed by atoms with Crippen molar-refractivity contribution in [3.63, 3.8) is 0 Å². The minimum Gasteiger partial charge on any atom is -0.379 e. The molecule has 0 amide bonds. The highest BCUT2D eigenvalue weighted by Gasteiger charge is 2.11. The maximum atomic E-state index is 5.40. The fraction of sp³-hybridized carbons (Fsp3) is 0.333. The van der Waals surface area contributed by atoms with Gasteiger partial charge in [-0.2, -0.15) is 0 Å². The third-order valence-electron chi connectivity index (χ3n) is 4.68. The Morgan fingerprint density at radius 3 is 2.61 bits per heavy atom. The molecule has 7 heteroatoms. The number of ether oxygens (including phenoxy) is 1. The van der Waals surface area contributed by atoms with Gasteiger partial charge in [-0.05, 0) is 37.2 Å². The molecule has 0 saturated carbocycles. The van der Waals surface area contributed by atoms with Crippen LogP contribution in [0.1, 0.15) is 6.42 Å². The average molecular weight is 376 g/mol. The summed E-state index contributed by atoms with van der Waals surface area (Å²) in [6.07, 6.45) is 8.15. The van der Waals surface area contributed by atoms with Crippen LogP contribution in [0.25, 0.3) is 22.6 Å². The highest BCUT2D eigenvalue weighted by Crippen LogP contribution is 2.23. The smallest absolute Gasteiger partial charge is 0.162 e. The second-order valence-electron chi connectivity index (χ2n) is 6.67. The van der Waals surface area contributed by atoms with Crippen LogP contribution in [0.2, 0.25) is 0 Å². The number of anilines is 1. The van der Waals surface area contributed by atoms with Crippen molar-refractivity contribution < 1.29 is 4.74 Å². The third kappa shape index (κ3) is 4.88. The molecule has 144 valence electrons. The second kappa shape index (κ2) is 9.34. The van der Waals surface area contributed by atoms with Gasteiger partial charge < -0.3 is 10.1 Å². The van der Waals surface area contributed by atoms with E-state index >= 15 is 0 Å². The normalized spacial score (nSPS) is 14.7. The van der Waals surface area contributed by atoms with Crippen molar-refractivity contribution in [1.82, 2.24) is 24.8 Å². The van der Waals surface area contributed by atoms with Crippen molar-refractivity contribution in [3.8, 4) is 22.6 Å². The molecule has 3 aromatic heterocycles. The van der Waals surface area contributed by atoms with Gasteiger partial charge in [0.2, 0.25) is 0 Å². The summed E-state index contributed by atoms with van der Waals surface area (Å²) in [5, 5.41) is 3.46. The van der Waals surface area contributed by atoms with Gasteiger partial charge in [-0.15, -0.1) is 0 Å². The molecule has 1 fully saturated rings. The minimum absolute atomic E-state index is 0.680. The predicted molar refractivity (Wildman–Crippen MR) is 109 cm³/mol. The highest BCUT2D eigenvalue weighted by molar-refractivity contribution is 5.66. The first-order chi connectivity index (χ1) is 13.9. The van der Waals surface area contributed by atoms with Crippen molar-refractivity contribution in [2.75, 3.05) is 44.7 Å². The zero-order valence-electron chi connectivity index (χ0n) is 15.8. The van der Waals surface area contributed by atoms with Crippen LogP contribution in [-0.2, 0) is 4.74 Å². The molecular formula is C21H24N6O. The Morgan fingerprint density at radius 1 is 0.964 bits per heavy atom. The van der Waals surface area contributed by atoms with Gasteiger partial charge in [-0.3, -0.25) is 14.9 Å². The number of rotatable bonds is 7. The Balaban J connectivity index is 1.49. The lowest BCUT2D eigenvalue weighted by molar-refractivity contribution is 0.0378. The fourth-order valence-electron chi connectivity index (χ4n) is 3.17. The third-order valence-corrected chi connectivity index (χ3v) is 4.68. The monoisotopic (exact) mass is 376 g/mol. The van der Waals surface area contributed by atoms with Gasteiger partial charge in [0.15, 0.2) is 5.82 Å². The number of nitrogens with one attached hydrogen (secondary N) is 1. The molecule has 0 bridgehead atoms. The number of pyridine rings is 2. The average Bonchev–Trinajstić information content (AvgIpc) is 2.78. The van der Waals surface area contributed by atoms with Crippen molar-refractivity contribution >= 4 is 5.82 Å². The lowest BCUT2D eigenvalue weighted by Gasteiger charge is -2.26. The molecule has 7 nitrogen and oxygen atoms in total. The summed E-state index contributed by atoms with van der Waals surface area (Å²) in [5.41, 5.74) is 2.76. The standard InChI is InChI=1S/C21H24N6O/c1-3-18(16-23-6-1)19-15-20(24-7-2-10-27-11-13-28-14-12-27)26-21(25-19)17-4-8-22-9-5-17/h1,3-6,8-9,15-16H,2,7,10-14H2,(H,24,25,26). The summed E-state index contributed by atoms with van der Waals surface area (Å²) >= 11 is 0. The van der Waals surface area contributed by atoms with Gasteiger partial charge in [-0.1, -0.05) is 0 Å². The molecule has 1 aliphatic heterocycles. The molecule has 1 aliphatic rings. The Hall–Kier alpha value is -2.90. The summed E-state index contributed by atoms with van der Waals surface area (Å²) in [6, 6.07) is 9.75. The van der Waals surface area contributed by atoms with E-state index in [0.29, 0.717) is 5.82 Å². The van der Waals surface area contributed by atoms with E-state index in [4.69, 9.17) is 14.7 Å². The molecule has 0 aromatic carbocycles. The van der Waals surface area contributed by atoms with E-state index in [-0.39, 0.29) is 0 Å². The van der Waals surface area contributed by atoms with Crippen molar-refractivity contribution in [2.45, 2.75) is 6.42 Å². The SMILES string of the molecule is c1cncc(-c2cc(NCCCN3CCOCC3)nc(-c3ccncc3)n2)c1. The Labute approximate surface area is 164 Å². The van der Waals surface area contributed by atoms with Gasteiger partial charge >= 0.3 is 0 Å². The van der Waals surface area contributed by atoms with Crippen LogP contribution in [0, 0.1) is 0 Å². The molecule has 0 spiro atoms. The quantitative estimate of drug-likeness (QED) is 0.635. The van der Waals surface area contributed by atoms with Crippen LogP contribution in [0.5, 0.6) is 0 Å². The van der Waals surface area contributed by atoms with Crippen LogP contribution in [0.3, 0.4) is 0 Å². The van der Waals surface area contributed by atoms with E-state index in [1.165, 1.54) is 0 Å². The summed E-state index contributed by atoms with van der Waals surface area (Å²) in [7, 11) is 0. The summed E-state index contributed by atoms with van der Waals surface area (Å²) in [4.78, 5) is 20.2. The van der Waals surface area contributed by atoms with Crippen molar-refractivity contribution in [1.29, 1.82) is 0 Å². The minimum atomic E-state index is 0.680. The summed E-state index contributed by atoms with van der Waals surface area (Å²) < 4.78 is 5.40. The number of aromatic nitrogens is 4. The number of hydrogen-bond acceptors (Lipinski definition) is 7. The van der Waals surface area contributed by atoms with Crippen LogP contribution in [-0.4, -0.2) is 64.2 Å². The van der Waals surface area contributed by atoms with Crippen LogP contribution in [0.4, 0.5) is 5.82 Å². The zero-order valence-corrected chi connectivity index (χ0v) is 15.8. The largest absolute Gasteiger partial charge is 0.379 e. The molecule has 1 N–H and O–H groups in total. The molecule has 0 unspecified atom stereocenters. The first kappa shape index (κ1) is 18.5. The molecule has 4 heterocycles. The summed E-state index contributed by atoms with van der Waals surface area (Å²) in [5.74, 6) is 1.50. The van der Waals surface area contributed by atoms with E-state index in [0.717, 1.165) is 68.5 Å². The molecule has 3 aromatic rings. The fourth-order valence-corrected chi connectivity index (χ4v) is 3.17. The Kier molecular flexibility index (Phi) is 6.16. The first-order valence-corrected chi connectivity index (χ1v) is 9.62. The molecule has 28 heavy (non-hydrogen) atoms. The molecule has 0 aliphatic carbocycles. The molecule has 1 saturated heterocycles. The number of morpholine rings is 1. The topological polar surface area (TPSA) is 76.1 Å². The van der Waals surface area contributed by atoms with E-state index in [2.05, 4.69) is 20.2 Å². The maximum Gasteiger partial charge on any atom is 0.162 e. The molecule has 0 atom stereocenters. The van der Waals surface area contributed by atoms with Crippen molar-refractivity contribution in [3.05, 3.63) is 55.1 Å². The zero-order chi connectivity index (χ0) is 19.0. The summed E-state index contributed by atoms with van der Waals surface area (Å²) in [6.45, 7) is 5.63. The first-order valence-electron chi connectivity index (χ1n) is 9.62. The number of hydrogen-bond donors (Lipinski definition) is 1. The van der Waals surface area contributed by atoms with E-state index in [1.54, 1.807) is 18.6 Å². The molecule has 4 rings (SSSR count). The van der Waals surface area contributed by atoms with Crippen LogP contribution in [0.15, 0.2) is 55.1 Å². The van der Waals surface area contributed by atoms with E-state index in [9.17, 15) is 0 Å². The van der Waals surface area contributed by atoms with Gasteiger partial charge in [-0.25, -0.2) is 9.97 Å². The van der Waals surface area contributed by atoms with E-state index in [1.807, 2.05) is 36.5 Å². The van der Waals surface area contributed by atoms with Crippen molar-refractivity contribution in [2.24, 2.45) is 0 Å². The lowest BCUT2D eigenvalue weighted by atomic mass is 10.2. The molecule has 0 radical (unpaired) electrons. The van der Waals surface area contributed by atoms with Gasteiger partial charge in [0.1, 0.15) is 5.82 Å². The van der Waals surface area contributed by atoms with Gasteiger partial charge in [0.25, 0.3) is 0 Å². The van der Waals surface area contributed by atoms with Gasteiger partial charge in [0, 0.05) is 61.6 Å². The maximum absolute atomic E-state index is 5.40. The molecular weight excluding hydrogens is 352 g/mol. The highest BCUT2D eigenvalue weighted by atomic mass is 16.5. The lowest BCUT2D eigenvalue weighted by Crippen LogP contribution is -2.37. The van der Waals surface area contributed by atoms with Crippen LogP contribution < -0.4 is 5.32 Å². The Bertz CT molecular complexity index is 811. The van der Waals surface area contributed by atoms with Crippen LogP contribution >= 0.6 is 0 Å². The Morgan fingerprint density at radius 2 is 1.82 bits per heavy atom. The number of nitrogens with zero attached hydrogens (tertiary/aromatic N) is 5. The second-order valence-corrected chi connectivity index (χ2v) is 6.67. The van der Waals surface area contributed by atoms with Gasteiger partial charge in [0.05, 0.1) is 18.9 Å².